The summed E-state index contributed by atoms with van der Waals surface area (Å²) in [6.45, 7) is 0. The fraction of sp³-hybridized carbons (Fsp3) is 0. The van der Waals surface area contributed by atoms with Crippen molar-refractivity contribution in [2.45, 2.75) is 0 Å². The van der Waals surface area contributed by atoms with Crippen molar-refractivity contribution in [3.05, 3.63) is 49.1 Å². The maximum atomic E-state index is 10.9. The van der Waals surface area contributed by atoms with Crippen molar-refractivity contribution in [1.29, 1.82) is 0 Å². The number of carbonyl (C=O) groups is 1. The predicted molar refractivity (Wildman–Crippen MR) is 55.3 cm³/mol. The number of carbonyl (C=O) groups excluding carboxylic acids is 1. The molecule has 0 spiro atoms. The lowest BCUT2D eigenvalue weighted by Gasteiger charge is -2.06. The van der Waals surface area contributed by atoms with Crippen molar-refractivity contribution in [3.63, 3.8) is 0 Å². The van der Waals surface area contributed by atoms with Crippen LogP contribution in [0.2, 0.25) is 0 Å². The first-order valence-corrected chi connectivity index (χ1v) is 4.26. The lowest BCUT2D eigenvalue weighted by Crippen LogP contribution is -1.89. The van der Waals surface area contributed by atoms with Gasteiger partial charge in [-0.05, 0) is 16.8 Å². The van der Waals surface area contributed by atoms with Gasteiger partial charge in [-0.3, -0.25) is 4.79 Å². The molecule has 69 valence electrons. The Morgan fingerprint density at radius 3 is 2.64 bits per heavy atom. The van der Waals surface area contributed by atoms with Crippen molar-refractivity contribution >= 4 is 17.1 Å². The molecule has 0 aromatic heterocycles. The Hall–Kier alpha value is -1.83. The van der Waals surface area contributed by atoms with Gasteiger partial charge in [-0.25, -0.2) is 0 Å². The third kappa shape index (κ3) is 1.25. The Balaban J connectivity index is 2.83. The molecule has 0 amide bonds. The van der Waals surface area contributed by atoms with E-state index in [0.717, 1.165) is 17.1 Å². The number of benzene rings is 2. The molecule has 2 rings (SSSR count). The highest BCUT2D eigenvalue weighted by atomic mass is 16.5. The molecule has 0 saturated carbocycles. The SMILES string of the molecule is [CH2]Oc1ccc2ccccc2c1C=O. The van der Waals surface area contributed by atoms with Crippen molar-refractivity contribution in [2.75, 3.05) is 0 Å². The van der Waals surface area contributed by atoms with Gasteiger partial charge in [0.25, 0.3) is 0 Å². The Morgan fingerprint density at radius 1 is 1.14 bits per heavy atom. The molecule has 2 aromatic carbocycles. The van der Waals surface area contributed by atoms with Crippen LogP contribution in [-0.4, -0.2) is 6.29 Å². The molecule has 2 aromatic rings. The number of hydrogen-bond donors (Lipinski definition) is 0. The molecule has 2 nitrogen and oxygen atoms in total. The molecule has 0 aliphatic carbocycles. The molecule has 0 atom stereocenters. The first-order valence-electron chi connectivity index (χ1n) is 4.26. The number of ether oxygens (including phenoxy) is 1. The summed E-state index contributed by atoms with van der Waals surface area (Å²) in [5.74, 6) is 0.513. The summed E-state index contributed by atoms with van der Waals surface area (Å²) in [4.78, 5) is 10.9. The fourth-order valence-corrected chi connectivity index (χ4v) is 1.52. The van der Waals surface area contributed by atoms with E-state index in [1.165, 1.54) is 0 Å². The molecule has 0 unspecified atom stereocenters. The predicted octanol–water partition coefficient (Wildman–Crippen LogP) is 2.82. The topological polar surface area (TPSA) is 26.3 Å². The van der Waals surface area contributed by atoms with Crippen molar-refractivity contribution in [3.8, 4) is 5.75 Å². The number of aldehydes is 1. The van der Waals surface area contributed by atoms with E-state index in [0.29, 0.717) is 11.3 Å². The monoisotopic (exact) mass is 185 g/mol. The molecule has 2 heteroatoms. The van der Waals surface area contributed by atoms with Crippen LogP contribution in [0.3, 0.4) is 0 Å². The van der Waals surface area contributed by atoms with Gasteiger partial charge in [0.15, 0.2) is 6.29 Å². The van der Waals surface area contributed by atoms with E-state index in [-0.39, 0.29) is 0 Å². The average molecular weight is 185 g/mol. The van der Waals surface area contributed by atoms with Gasteiger partial charge >= 0.3 is 0 Å². The van der Waals surface area contributed by atoms with Gasteiger partial charge in [-0.2, -0.15) is 0 Å². The molecule has 0 aliphatic rings. The zero-order valence-corrected chi connectivity index (χ0v) is 7.57. The van der Waals surface area contributed by atoms with Crippen LogP contribution in [0, 0.1) is 7.11 Å². The van der Waals surface area contributed by atoms with Crippen LogP contribution in [0.5, 0.6) is 5.75 Å². The van der Waals surface area contributed by atoms with E-state index in [1.54, 1.807) is 6.07 Å². The average Bonchev–Trinajstić information content (AvgIpc) is 2.27. The van der Waals surface area contributed by atoms with Crippen LogP contribution in [0.1, 0.15) is 10.4 Å². The molecule has 0 bridgehead atoms. The van der Waals surface area contributed by atoms with E-state index in [9.17, 15) is 4.79 Å². The molecule has 0 saturated heterocycles. The minimum atomic E-state index is 0.513. The lowest BCUT2D eigenvalue weighted by atomic mass is 10.0. The highest BCUT2D eigenvalue weighted by Crippen LogP contribution is 2.26. The van der Waals surface area contributed by atoms with E-state index in [4.69, 9.17) is 4.74 Å². The number of fused-ring (bicyclic) bond motifs is 1. The van der Waals surface area contributed by atoms with Gasteiger partial charge in [-0.1, -0.05) is 30.3 Å². The molecule has 14 heavy (non-hydrogen) atoms. The van der Waals surface area contributed by atoms with Crippen molar-refractivity contribution in [2.24, 2.45) is 0 Å². The van der Waals surface area contributed by atoms with Crippen LogP contribution >= 0.6 is 0 Å². The summed E-state index contributed by atoms with van der Waals surface area (Å²) < 4.78 is 4.86. The molecule has 0 N–H and O–H groups in total. The summed E-state index contributed by atoms with van der Waals surface area (Å²) >= 11 is 0. The van der Waals surface area contributed by atoms with Crippen molar-refractivity contribution < 1.29 is 9.53 Å². The van der Waals surface area contributed by atoms with Gasteiger partial charge in [0.05, 0.1) is 5.56 Å². The fourth-order valence-electron chi connectivity index (χ4n) is 1.52. The van der Waals surface area contributed by atoms with E-state index >= 15 is 0 Å². The lowest BCUT2D eigenvalue weighted by molar-refractivity contribution is 0.112. The second-order valence-corrected chi connectivity index (χ2v) is 2.96. The van der Waals surface area contributed by atoms with Gasteiger partial charge in [0.1, 0.15) is 12.9 Å². The highest BCUT2D eigenvalue weighted by Gasteiger charge is 2.05. The van der Waals surface area contributed by atoms with E-state index in [1.807, 2.05) is 30.3 Å². The highest BCUT2D eigenvalue weighted by molar-refractivity contribution is 6.00. The van der Waals surface area contributed by atoms with Gasteiger partial charge in [0.2, 0.25) is 0 Å². The second kappa shape index (κ2) is 3.50. The standard InChI is InChI=1S/C12H9O2/c1-14-12-7-6-9-4-2-3-5-10(9)11(12)8-13/h2-8H,1H2. The molecule has 0 aliphatic heterocycles. The summed E-state index contributed by atoms with van der Waals surface area (Å²) in [5, 5.41) is 1.92. The Kier molecular flexibility index (Phi) is 2.19. The summed E-state index contributed by atoms with van der Waals surface area (Å²) in [7, 11) is 3.31. The normalized spacial score (nSPS) is 10.1. The van der Waals surface area contributed by atoms with Crippen LogP contribution in [0.15, 0.2) is 36.4 Å². The smallest absolute Gasteiger partial charge is 0.154 e. The summed E-state index contributed by atoms with van der Waals surface area (Å²) in [6, 6.07) is 11.3. The van der Waals surface area contributed by atoms with E-state index < -0.39 is 0 Å². The Morgan fingerprint density at radius 2 is 1.93 bits per heavy atom. The van der Waals surface area contributed by atoms with E-state index in [2.05, 4.69) is 7.11 Å². The van der Waals surface area contributed by atoms with Crippen LogP contribution < -0.4 is 4.74 Å². The third-order valence-electron chi connectivity index (χ3n) is 2.20. The minimum absolute atomic E-state index is 0.513. The van der Waals surface area contributed by atoms with Crippen LogP contribution in [0.25, 0.3) is 10.8 Å². The zero-order chi connectivity index (χ0) is 9.97. The first-order chi connectivity index (χ1) is 6.86. The minimum Gasteiger partial charge on any atom is -0.489 e. The number of rotatable bonds is 2. The molecule has 1 radical (unpaired) electrons. The maximum Gasteiger partial charge on any atom is 0.154 e. The molecule has 0 heterocycles. The van der Waals surface area contributed by atoms with Crippen LogP contribution in [-0.2, 0) is 0 Å². The molecular weight excluding hydrogens is 176 g/mol. The third-order valence-corrected chi connectivity index (χ3v) is 2.20. The zero-order valence-electron chi connectivity index (χ0n) is 7.57. The second-order valence-electron chi connectivity index (χ2n) is 2.96. The van der Waals surface area contributed by atoms with Gasteiger partial charge < -0.3 is 4.74 Å². The van der Waals surface area contributed by atoms with Gasteiger partial charge in [0, 0.05) is 0 Å². The first kappa shape index (κ1) is 8.75. The quantitative estimate of drug-likeness (QED) is 0.672. The summed E-state index contributed by atoms with van der Waals surface area (Å²) in [5.41, 5.74) is 0.554. The van der Waals surface area contributed by atoms with Crippen LogP contribution in [0.4, 0.5) is 0 Å². The van der Waals surface area contributed by atoms with Crippen molar-refractivity contribution in [1.82, 2.24) is 0 Å². The Labute approximate surface area is 82.1 Å². The molecule has 0 fully saturated rings. The largest absolute Gasteiger partial charge is 0.489 e. The Bertz CT molecular complexity index is 475. The number of hydrogen-bond acceptors (Lipinski definition) is 2. The molecular formula is C12H9O2. The van der Waals surface area contributed by atoms with Gasteiger partial charge in [-0.15, -0.1) is 0 Å². The maximum absolute atomic E-state index is 10.9. The summed E-state index contributed by atoms with van der Waals surface area (Å²) in [6.07, 6.45) is 0.794.